The van der Waals surface area contributed by atoms with Gasteiger partial charge in [-0.3, -0.25) is 9.59 Å². The second kappa shape index (κ2) is 7.34. The second-order valence-corrected chi connectivity index (χ2v) is 7.05. The number of benzene rings is 1. The average Bonchev–Trinajstić information content (AvgIpc) is 3.11. The van der Waals surface area contributed by atoms with Gasteiger partial charge >= 0.3 is 0 Å². The average molecular weight is 365 g/mol. The maximum Gasteiger partial charge on any atom is 0.275 e. The van der Waals surface area contributed by atoms with Gasteiger partial charge in [0.15, 0.2) is 5.69 Å². The van der Waals surface area contributed by atoms with Crippen LogP contribution in [-0.4, -0.2) is 43.1 Å². The van der Waals surface area contributed by atoms with Gasteiger partial charge < -0.3 is 9.47 Å². The van der Waals surface area contributed by atoms with Crippen molar-refractivity contribution in [3.05, 3.63) is 58.5 Å². The third-order valence-corrected chi connectivity index (χ3v) is 5.41. The third-order valence-electron chi connectivity index (χ3n) is 5.41. The lowest BCUT2D eigenvalue weighted by molar-refractivity contribution is 0.0590. The summed E-state index contributed by atoms with van der Waals surface area (Å²) in [6, 6.07) is 7.31. The topological polar surface area (TPSA) is 83.9 Å². The number of hydrogen-bond acceptors (Lipinski definition) is 4. The number of rotatable bonds is 4. The first-order valence-electron chi connectivity index (χ1n) is 9.41. The molecule has 0 saturated carbocycles. The van der Waals surface area contributed by atoms with Crippen molar-refractivity contribution in [1.29, 1.82) is 0 Å². The van der Waals surface area contributed by atoms with E-state index in [1.165, 1.54) is 0 Å². The number of piperidine rings is 1. The van der Waals surface area contributed by atoms with Gasteiger partial charge in [-0.15, -0.1) is 0 Å². The maximum absolute atomic E-state index is 13.3. The molecule has 1 unspecified atom stereocenters. The SMILES string of the molecule is Cc1nccn1CCC1CCCCN1C(=O)c1n[nH]c(=O)c2ccccc12. The summed E-state index contributed by atoms with van der Waals surface area (Å²) in [6.07, 6.45) is 7.76. The quantitative estimate of drug-likeness (QED) is 0.770. The molecule has 1 aromatic carbocycles. The van der Waals surface area contributed by atoms with Crippen molar-refractivity contribution >= 4 is 16.7 Å². The highest BCUT2D eigenvalue weighted by Crippen LogP contribution is 2.24. The molecule has 1 atom stereocenters. The zero-order valence-electron chi connectivity index (χ0n) is 15.4. The summed E-state index contributed by atoms with van der Waals surface area (Å²) in [7, 11) is 0. The number of nitrogens with zero attached hydrogens (tertiary/aromatic N) is 4. The molecule has 1 aliphatic heterocycles. The van der Waals surface area contributed by atoms with Crippen LogP contribution in [0.2, 0.25) is 0 Å². The predicted molar refractivity (Wildman–Crippen MR) is 103 cm³/mol. The van der Waals surface area contributed by atoms with Crippen molar-refractivity contribution in [2.75, 3.05) is 6.54 Å². The molecule has 2 aromatic heterocycles. The van der Waals surface area contributed by atoms with Crippen LogP contribution in [0.3, 0.4) is 0 Å². The van der Waals surface area contributed by atoms with Gasteiger partial charge in [0, 0.05) is 36.9 Å². The molecule has 1 fully saturated rings. The zero-order chi connectivity index (χ0) is 18.8. The van der Waals surface area contributed by atoms with E-state index in [1.54, 1.807) is 24.4 Å². The Morgan fingerprint density at radius 3 is 2.85 bits per heavy atom. The molecular weight excluding hydrogens is 342 g/mol. The number of likely N-dealkylation sites (tertiary alicyclic amines) is 1. The second-order valence-electron chi connectivity index (χ2n) is 7.05. The molecule has 140 valence electrons. The number of aryl methyl sites for hydroxylation is 2. The lowest BCUT2D eigenvalue weighted by atomic mass is 9.98. The highest BCUT2D eigenvalue weighted by molar-refractivity contribution is 6.04. The van der Waals surface area contributed by atoms with Crippen molar-refractivity contribution in [2.45, 2.75) is 45.2 Å². The van der Waals surface area contributed by atoms with E-state index in [4.69, 9.17) is 0 Å². The normalized spacial score (nSPS) is 17.4. The highest BCUT2D eigenvalue weighted by Gasteiger charge is 2.29. The predicted octanol–water partition coefficient (Wildman–Crippen LogP) is 2.51. The molecule has 27 heavy (non-hydrogen) atoms. The smallest absolute Gasteiger partial charge is 0.275 e. The number of H-pyrrole nitrogens is 1. The molecule has 1 aliphatic rings. The van der Waals surface area contributed by atoms with Crippen molar-refractivity contribution in [1.82, 2.24) is 24.6 Å². The minimum absolute atomic E-state index is 0.102. The summed E-state index contributed by atoms with van der Waals surface area (Å²) in [6.45, 7) is 3.54. The molecule has 0 spiro atoms. The Bertz CT molecular complexity index is 1020. The Kier molecular flexibility index (Phi) is 4.75. The lowest BCUT2D eigenvalue weighted by Gasteiger charge is -2.36. The van der Waals surface area contributed by atoms with Gasteiger partial charge in [-0.1, -0.05) is 18.2 Å². The summed E-state index contributed by atoms with van der Waals surface area (Å²) in [5.74, 6) is 0.881. The van der Waals surface area contributed by atoms with Crippen LogP contribution in [0.15, 0.2) is 41.5 Å². The van der Waals surface area contributed by atoms with E-state index in [0.29, 0.717) is 16.5 Å². The van der Waals surface area contributed by atoms with Gasteiger partial charge in [0.2, 0.25) is 0 Å². The number of aromatic amines is 1. The minimum atomic E-state index is -0.270. The van der Waals surface area contributed by atoms with Crippen molar-refractivity contribution in [3.63, 3.8) is 0 Å². The highest BCUT2D eigenvalue weighted by atomic mass is 16.2. The van der Waals surface area contributed by atoms with E-state index >= 15 is 0 Å². The minimum Gasteiger partial charge on any atom is -0.335 e. The Balaban J connectivity index is 1.60. The molecule has 0 aliphatic carbocycles. The first-order chi connectivity index (χ1) is 13.1. The van der Waals surface area contributed by atoms with E-state index < -0.39 is 0 Å². The molecule has 1 saturated heterocycles. The van der Waals surface area contributed by atoms with E-state index in [9.17, 15) is 9.59 Å². The van der Waals surface area contributed by atoms with E-state index in [-0.39, 0.29) is 17.5 Å². The van der Waals surface area contributed by atoms with E-state index in [2.05, 4.69) is 19.7 Å². The summed E-state index contributed by atoms with van der Waals surface area (Å²) >= 11 is 0. The molecule has 1 amide bonds. The lowest BCUT2D eigenvalue weighted by Crippen LogP contribution is -2.44. The molecule has 1 N–H and O–H groups in total. The molecular formula is C20H23N5O2. The number of aromatic nitrogens is 4. The standard InChI is InChI=1S/C20H23N5O2/c1-14-21-10-13-24(14)12-9-15-6-4-5-11-25(15)20(27)18-16-7-2-3-8-17(16)19(26)23-22-18/h2-3,7-8,10,13,15H,4-6,9,11-12H2,1H3,(H,23,26). The number of carbonyl (C=O) groups excluding carboxylic acids is 1. The Labute approximate surface area is 157 Å². The number of carbonyl (C=O) groups is 1. The molecule has 7 heteroatoms. The van der Waals surface area contributed by atoms with Gasteiger partial charge in [-0.25, -0.2) is 10.1 Å². The number of amides is 1. The van der Waals surface area contributed by atoms with Gasteiger partial charge in [0.1, 0.15) is 5.82 Å². The number of fused-ring (bicyclic) bond motifs is 1. The number of nitrogens with one attached hydrogen (secondary N) is 1. The molecule has 0 radical (unpaired) electrons. The number of imidazole rings is 1. The molecule has 3 heterocycles. The maximum atomic E-state index is 13.3. The van der Waals surface area contributed by atoms with Crippen LogP contribution < -0.4 is 5.56 Å². The fourth-order valence-corrected chi connectivity index (χ4v) is 3.91. The van der Waals surface area contributed by atoms with Gasteiger partial charge in [-0.05, 0) is 38.7 Å². The van der Waals surface area contributed by atoms with Crippen molar-refractivity contribution in [3.8, 4) is 0 Å². The largest absolute Gasteiger partial charge is 0.335 e. The summed E-state index contributed by atoms with van der Waals surface area (Å²) in [5, 5.41) is 7.68. The van der Waals surface area contributed by atoms with Crippen LogP contribution in [0.25, 0.3) is 10.8 Å². The molecule has 7 nitrogen and oxygen atoms in total. The van der Waals surface area contributed by atoms with Crippen molar-refractivity contribution < 1.29 is 4.79 Å². The van der Waals surface area contributed by atoms with Crippen LogP contribution in [0.4, 0.5) is 0 Å². The monoisotopic (exact) mass is 365 g/mol. The van der Waals surface area contributed by atoms with Crippen LogP contribution >= 0.6 is 0 Å². The molecule has 3 aromatic rings. The van der Waals surface area contributed by atoms with E-state index in [0.717, 1.165) is 44.6 Å². The van der Waals surface area contributed by atoms with Crippen LogP contribution in [0.5, 0.6) is 0 Å². The first kappa shape index (κ1) is 17.5. The zero-order valence-corrected chi connectivity index (χ0v) is 15.4. The fourth-order valence-electron chi connectivity index (χ4n) is 3.91. The van der Waals surface area contributed by atoms with Crippen LogP contribution in [0.1, 0.15) is 42.0 Å². The van der Waals surface area contributed by atoms with Crippen LogP contribution in [0, 0.1) is 6.92 Å². The summed E-state index contributed by atoms with van der Waals surface area (Å²) in [4.78, 5) is 31.5. The van der Waals surface area contributed by atoms with Gasteiger partial charge in [-0.2, -0.15) is 5.10 Å². The van der Waals surface area contributed by atoms with Gasteiger partial charge in [0.25, 0.3) is 11.5 Å². The molecule has 4 rings (SSSR count). The summed E-state index contributed by atoms with van der Waals surface area (Å²) < 4.78 is 2.12. The van der Waals surface area contributed by atoms with Crippen LogP contribution in [-0.2, 0) is 6.54 Å². The third kappa shape index (κ3) is 3.37. The Hall–Kier alpha value is -2.96. The molecule has 0 bridgehead atoms. The number of hydrogen-bond donors (Lipinski definition) is 1. The Morgan fingerprint density at radius 1 is 1.26 bits per heavy atom. The summed E-state index contributed by atoms with van der Waals surface area (Å²) in [5.41, 5.74) is 0.0591. The first-order valence-corrected chi connectivity index (χ1v) is 9.41. The van der Waals surface area contributed by atoms with E-state index in [1.807, 2.05) is 24.1 Å². The Morgan fingerprint density at radius 2 is 2.07 bits per heavy atom. The fraction of sp³-hybridized carbons (Fsp3) is 0.400. The van der Waals surface area contributed by atoms with Gasteiger partial charge in [0.05, 0.1) is 5.39 Å². The van der Waals surface area contributed by atoms with Crippen molar-refractivity contribution in [2.24, 2.45) is 0 Å².